The van der Waals surface area contributed by atoms with Crippen molar-refractivity contribution in [2.24, 2.45) is 5.73 Å². The fourth-order valence-electron chi connectivity index (χ4n) is 2.78. The Balaban J connectivity index is 2.13. The van der Waals surface area contributed by atoms with Gasteiger partial charge in [0.05, 0.1) is 18.1 Å². The van der Waals surface area contributed by atoms with Crippen LogP contribution in [0, 0.1) is 11.3 Å². The van der Waals surface area contributed by atoms with Crippen LogP contribution in [0.5, 0.6) is 11.5 Å². The van der Waals surface area contributed by atoms with Gasteiger partial charge in [-0.3, -0.25) is 0 Å². The number of nitrogens with two attached hydrogens (primary N) is 1. The molecular weight excluding hydrogens is 312 g/mol. The molecule has 2 N–H and O–H groups in total. The number of rotatable bonds is 3. The number of hydrogen-bond acceptors (Lipinski definition) is 7. The molecule has 24 heavy (non-hydrogen) atoms. The van der Waals surface area contributed by atoms with Gasteiger partial charge < -0.3 is 24.7 Å². The summed E-state index contributed by atoms with van der Waals surface area (Å²) in [7, 11) is 0. The van der Waals surface area contributed by atoms with Gasteiger partial charge in [-0.05, 0) is 31.5 Å². The Morgan fingerprint density at radius 2 is 2.17 bits per heavy atom. The number of esters is 1. The SMILES string of the molecule is CCOC(=O)C1=C(C)OC(N)=C(C#N)C1c1ccc2c(c1)OCO2. The molecule has 2 aliphatic heterocycles. The fraction of sp³-hybridized carbons (Fsp3) is 0.294. The number of carbonyl (C=O) groups is 1. The summed E-state index contributed by atoms with van der Waals surface area (Å²) in [6, 6.07) is 7.26. The van der Waals surface area contributed by atoms with E-state index in [4.69, 9.17) is 24.7 Å². The molecule has 3 rings (SSSR count). The van der Waals surface area contributed by atoms with E-state index in [-0.39, 0.29) is 30.4 Å². The highest BCUT2D eigenvalue weighted by Gasteiger charge is 2.36. The molecule has 2 aliphatic rings. The first-order valence-corrected chi connectivity index (χ1v) is 7.41. The molecule has 1 atom stereocenters. The molecule has 1 aromatic carbocycles. The third kappa shape index (κ3) is 2.52. The maximum Gasteiger partial charge on any atom is 0.338 e. The van der Waals surface area contributed by atoms with Crippen LogP contribution in [-0.2, 0) is 14.3 Å². The second-order valence-electron chi connectivity index (χ2n) is 5.23. The average Bonchev–Trinajstić information content (AvgIpc) is 3.01. The number of nitrogens with zero attached hydrogens (tertiary/aromatic N) is 1. The zero-order valence-electron chi connectivity index (χ0n) is 13.3. The second kappa shape index (κ2) is 6.16. The van der Waals surface area contributed by atoms with Crippen molar-refractivity contribution in [3.05, 3.63) is 46.6 Å². The first-order chi connectivity index (χ1) is 11.6. The topological polar surface area (TPSA) is 104 Å². The van der Waals surface area contributed by atoms with Crippen LogP contribution in [-0.4, -0.2) is 19.4 Å². The number of carbonyl (C=O) groups excluding carboxylic acids is 1. The molecular formula is C17H16N2O5. The number of ether oxygens (including phenoxy) is 4. The zero-order valence-corrected chi connectivity index (χ0v) is 13.3. The standard InChI is InChI=1S/C17H16N2O5/c1-3-21-17(20)14-9(2)24-16(19)11(7-18)15(14)10-4-5-12-13(6-10)23-8-22-12/h4-6,15H,3,8,19H2,1-2H3. The van der Waals surface area contributed by atoms with E-state index < -0.39 is 11.9 Å². The number of allylic oxidation sites excluding steroid dienone is 2. The quantitative estimate of drug-likeness (QED) is 0.847. The summed E-state index contributed by atoms with van der Waals surface area (Å²) in [4.78, 5) is 12.4. The summed E-state index contributed by atoms with van der Waals surface area (Å²) in [6.07, 6.45) is 0. The monoisotopic (exact) mass is 328 g/mol. The summed E-state index contributed by atoms with van der Waals surface area (Å²) in [5.41, 5.74) is 6.93. The van der Waals surface area contributed by atoms with Crippen LogP contribution in [0.25, 0.3) is 0 Å². The highest BCUT2D eigenvalue weighted by Crippen LogP contribution is 2.43. The van der Waals surface area contributed by atoms with Crippen LogP contribution in [0.15, 0.2) is 41.0 Å². The lowest BCUT2D eigenvalue weighted by atomic mass is 9.83. The highest BCUT2D eigenvalue weighted by atomic mass is 16.7. The molecule has 7 heteroatoms. The molecule has 0 aromatic heterocycles. The van der Waals surface area contributed by atoms with Gasteiger partial charge in [0, 0.05) is 0 Å². The van der Waals surface area contributed by atoms with Crippen LogP contribution in [0.4, 0.5) is 0 Å². The Morgan fingerprint density at radius 3 is 2.88 bits per heavy atom. The van der Waals surface area contributed by atoms with E-state index in [0.717, 1.165) is 0 Å². The van der Waals surface area contributed by atoms with Gasteiger partial charge >= 0.3 is 5.97 Å². The van der Waals surface area contributed by atoms with Gasteiger partial charge in [0.15, 0.2) is 11.5 Å². The van der Waals surface area contributed by atoms with E-state index in [1.54, 1.807) is 32.0 Å². The minimum atomic E-state index is -0.683. The van der Waals surface area contributed by atoms with E-state index in [1.807, 2.05) is 6.07 Å². The lowest BCUT2D eigenvalue weighted by Crippen LogP contribution is -2.25. The number of nitriles is 1. The Kier molecular flexibility index (Phi) is 4.04. The predicted octanol–water partition coefficient (Wildman–Crippen LogP) is 2.06. The summed E-state index contributed by atoms with van der Waals surface area (Å²) in [5, 5.41) is 9.50. The van der Waals surface area contributed by atoms with Gasteiger partial charge in [0.25, 0.3) is 0 Å². The number of fused-ring (bicyclic) bond motifs is 1. The van der Waals surface area contributed by atoms with E-state index in [9.17, 15) is 10.1 Å². The molecule has 124 valence electrons. The molecule has 0 bridgehead atoms. The normalized spacial score (nSPS) is 19.0. The molecule has 0 amide bonds. The molecule has 2 heterocycles. The van der Waals surface area contributed by atoms with Crippen molar-refractivity contribution in [1.82, 2.24) is 0 Å². The fourth-order valence-corrected chi connectivity index (χ4v) is 2.78. The maximum absolute atomic E-state index is 12.4. The van der Waals surface area contributed by atoms with Gasteiger partial charge in [0.1, 0.15) is 17.4 Å². The van der Waals surface area contributed by atoms with Crippen molar-refractivity contribution < 1.29 is 23.7 Å². The molecule has 1 aromatic rings. The number of hydrogen-bond donors (Lipinski definition) is 1. The Morgan fingerprint density at radius 1 is 1.42 bits per heavy atom. The van der Waals surface area contributed by atoms with E-state index in [2.05, 4.69) is 0 Å². The van der Waals surface area contributed by atoms with Gasteiger partial charge in [0.2, 0.25) is 12.7 Å². The molecule has 0 saturated heterocycles. The third-order valence-corrected chi connectivity index (χ3v) is 3.83. The summed E-state index contributed by atoms with van der Waals surface area (Å²) < 4.78 is 21.2. The summed E-state index contributed by atoms with van der Waals surface area (Å²) in [6.45, 7) is 3.68. The number of benzene rings is 1. The Hall–Kier alpha value is -3.14. The van der Waals surface area contributed by atoms with Gasteiger partial charge in [-0.15, -0.1) is 0 Å². The minimum Gasteiger partial charge on any atom is -0.463 e. The highest BCUT2D eigenvalue weighted by molar-refractivity contribution is 5.92. The van der Waals surface area contributed by atoms with Crippen LogP contribution >= 0.6 is 0 Å². The van der Waals surface area contributed by atoms with E-state index in [0.29, 0.717) is 22.8 Å². The van der Waals surface area contributed by atoms with Crippen molar-refractivity contribution in [2.75, 3.05) is 13.4 Å². The largest absolute Gasteiger partial charge is 0.463 e. The first kappa shape index (κ1) is 15.7. The van der Waals surface area contributed by atoms with Gasteiger partial charge in [-0.25, -0.2) is 4.79 Å². The lowest BCUT2D eigenvalue weighted by Gasteiger charge is -2.26. The Bertz CT molecular complexity index is 804. The van der Waals surface area contributed by atoms with Gasteiger partial charge in [-0.1, -0.05) is 6.07 Å². The molecule has 1 unspecified atom stereocenters. The maximum atomic E-state index is 12.4. The van der Waals surface area contributed by atoms with Crippen LogP contribution < -0.4 is 15.2 Å². The minimum absolute atomic E-state index is 0.0225. The van der Waals surface area contributed by atoms with Crippen LogP contribution in [0.3, 0.4) is 0 Å². The van der Waals surface area contributed by atoms with Crippen molar-refractivity contribution in [3.8, 4) is 17.6 Å². The third-order valence-electron chi connectivity index (χ3n) is 3.83. The van der Waals surface area contributed by atoms with Crippen molar-refractivity contribution in [3.63, 3.8) is 0 Å². The Labute approximate surface area is 138 Å². The second-order valence-corrected chi connectivity index (χ2v) is 5.23. The van der Waals surface area contributed by atoms with Gasteiger partial charge in [-0.2, -0.15) is 5.26 Å². The van der Waals surface area contributed by atoms with Crippen LogP contribution in [0.1, 0.15) is 25.3 Å². The first-order valence-electron chi connectivity index (χ1n) is 7.41. The molecule has 0 fully saturated rings. The van der Waals surface area contributed by atoms with Crippen molar-refractivity contribution in [2.45, 2.75) is 19.8 Å². The summed E-state index contributed by atoms with van der Waals surface area (Å²) in [5.74, 6) is 0.226. The van der Waals surface area contributed by atoms with Crippen molar-refractivity contribution in [1.29, 1.82) is 5.26 Å². The molecule has 7 nitrogen and oxygen atoms in total. The molecule has 0 radical (unpaired) electrons. The molecule has 0 spiro atoms. The van der Waals surface area contributed by atoms with Crippen LogP contribution in [0.2, 0.25) is 0 Å². The smallest absolute Gasteiger partial charge is 0.338 e. The lowest BCUT2D eigenvalue weighted by molar-refractivity contribution is -0.139. The molecule has 0 aliphatic carbocycles. The average molecular weight is 328 g/mol. The summed E-state index contributed by atoms with van der Waals surface area (Å²) >= 11 is 0. The van der Waals surface area contributed by atoms with E-state index in [1.165, 1.54) is 0 Å². The van der Waals surface area contributed by atoms with E-state index >= 15 is 0 Å². The predicted molar refractivity (Wildman–Crippen MR) is 82.6 cm³/mol. The molecule has 0 saturated carbocycles. The van der Waals surface area contributed by atoms with Crippen molar-refractivity contribution >= 4 is 5.97 Å². The zero-order chi connectivity index (χ0) is 17.3.